The first-order valence-electron chi connectivity index (χ1n) is 4.91. The average Bonchev–Trinajstić information content (AvgIpc) is 2.17. The van der Waals surface area contributed by atoms with Gasteiger partial charge >= 0.3 is 0 Å². The van der Waals surface area contributed by atoms with Gasteiger partial charge in [-0.25, -0.2) is 0 Å². The smallest absolute Gasteiger partial charge is 0.119 e. The van der Waals surface area contributed by atoms with Crippen molar-refractivity contribution in [1.82, 2.24) is 0 Å². The van der Waals surface area contributed by atoms with E-state index in [-0.39, 0.29) is 12.2 Å². The first-order valence-corrected chi connectivity index (χ1v) is 4.91. The largest absolute Gasteiger partial charge is 0.490 e. The van der Waals surface area contributed by atoms with Gasteiger partial charge in [0.15, 0.2) is 0 Å². The Bertz CT molecular complexity index is 244. The fourth-order valence-electron chi connectivity index (χ4n) is 1.30. The Kier molecular flexibility index (Phi) is 4.47. The maximum absolute atomic E-state index is 9.22. The molecule has 0 saturated carbocycles. The highest BCUT2D eigenvalue weighted by Crippen LogP contribution is 2.15. The zero-order chi connectivity index (χ0) is 10.4. The Hall–Kier alpha value is -1.02. The van der Waals surface area contributed by atoms with E-state index < -0.39 is 0 Å². The summed E-state index contributed by atoms with van der Waals surface area (Å²) in [5.74, 6) is 0.835. The van der Waals surface area contributed by atoms with Gasteiger partial charge in [-0.1, -0.05) is 18.2 Å². The Morgan fingerprint density at radius 2 is 2.00 bits per heavy atom. The maximum Gasteiger partial charge on any atom is 0.119 e. The summed E-state index contributed by atoms with van der Waals surface area (Å²) >= 11 is 0. The lowest BCUT2D eigenvalue weighted by molar-refractivity contribution is 0.107. The number of aliphatic hydroxyl groups is 1. The Morgan fingerprint density at radius 3 is 2.50 bits per heavy atom. The van der Waals surface area contributed by atoms with Gasteiger partial charge in [-0.2, -0.15) is 0 Å². The van der Waals surface area contributed by atoms with Crippen molar-refractivity contribution in [2.24, 2.45) is 0 Å². The molecular weight excluding hydrogens is 176 g/mol. The summed E-state index contributed by atoms with van der Waals surface area (Å²) in [7, 11) is 0. The molecule has 0 aliphatic carbocycles. The van der Waals surface area contributed by atoms with Crippen LogP contribution in [0.3, 0.4) is 0 Å². The molecule has 1 aromatic carbocycles. The molecule has 2 heteroatoms. The molecule has 0 bridgehead atoms. The van der Waals surface area contributed by atoms with E-state index in [2.05, 4.69) is 6.92 Å². The van der Waals surface area contributed by atoms with Crippen LogP contribution < -0.4 is 4.74 Å². The lowest BCUT2D eigenvalue weighted by Crippen LogP contribution is -2.21. The molecule has 0 saturated heterocycles. The summed E-state index contributed by atoms with van der Waals surface area (Å²) in [6.07, 6.45) is 0.945. The van der Waals surface area contributed by atoms with Gasteiger partial charge in [0, 0.05) is 6.42 Å². The summed E-state index contributed by atoms with van der Waals surface area (Å²) in [5, 5.41) is 9.22. The summed E-state index contributed by atoms with van der Waals surface area (Å²) in [4.78, 5) is 0. The van der Waals surface area contributed by atoms with E-state index in [1.807, 2.05) is 30.3 Å². The minimum Gasteiger partial charge on any atom is -0.490 e. The number of benzene rings is 1. The molecule has 0 fully saturated rings. The molecule has 1 aromatic rings. The monoisotopic (exact) mass is 193 g/mol. The molecule has 0 aliphatic rings. The van der Waals surface area contributed by atoms with Gasteiger partial charge in [0.25, 0.3) is 0 Å². The maximum atomic E-state index is 9.22. The average molecular weight is 193 g/mol. The zero-order valence-corrected chi connectivity index (χ0v) is 8.52. The number of ether oxygens (including phenoxy) is 1. The van der Waals surface area contributed by atoms with Crippen molar-refractivity contribution in [2.75, 3.05) is 0 Å². The molecule has 2 unspecified atom stereocenters. The lowest BCUT2D eigenvalue weighted by atomic mass is 10.1. The molecule has 14 heavy (non-hydrogen) atoms. The zero-order valence-electron chi connectivity index (χ0n) is 8.52. The van der Waals surface area contributed by atoms with Crippen molar-refractivity contribution in [3.05, 3.63) is 37.3 Å². The predicted octanol–water partition coefficient (Wildman–Crippen LogP) is 2.43. The van der Waals surface area contributed by atoms with Crippen LogP contribution in [0, 0.1) is 6.92 Å². The van der Waals surface area contributed by atoms with Gasteiger partial charge in [-0.05, 0) is 32.4 Å². The predicted molar refractivity (Wildman–Crippen MR) is 57.1 cm³/mol. The fraction of sp³-hybridized carbons (Fsp3) is 0.417. The first kappa shape index (κ1) is 11.1. The number of hydrogen-bond donors (Lipinski definition) is 1. The van der Waals surface area contributed by atoms with Crippen molar-refractivity contribution in [1.29, 1.82) is 0 Å². The molecule has 0 aliphatic heterocycles. The molecule has 77 valence electrons. The molecule has 2 atom stereocenters. The molecule has 1 radical (unpaired) electrons. The molecule has 0 spiro atoms. The van der Waals surface area contributed by atoms with E-state index in [1.165, 1.54) is 0 Å². The van der Waals surface area contributed by atoms with Crippen LogP contribution in [0.25, 0.3) is 0 Å². The normalized spacial score (nSPS) is 14.8. The van der Waals surface area contributed by atoms with E-state index >= 15 is 0 Å². The number of aliphatic hydroxyl groups excluding tert-OH is 1. The van der Waals surface area contributed by atoms with Crippen molar-refractivity contribution in [3.8, 4) is 5.75 Å². The molecule has 0 heterocycles. The fourth-order valence-corrected chi connectivity index (χ4v) is 1.30. The molecule has 1 rings (SSSR count). The number of hydrogen-bond acceptors (Lipinski definition) is 2. The van der Waals surface area contributed by atoms with Gasteiger partial charge in [0.1, 0.15) is 11.9 Å². The Balaban J connectivity index is 2.48. The summed E-state index contributed by atoms with van der Waals surface area (Å²) in [5.41, 5.74) is 0. The van der Waals surface area contributed by atoms with E-state index in [1.54, 1.807) is 6.92 Å². The number of rotatable bonds is 5. The second kappa shape index (κ2) is 5.66. The summed E-state index contributed by atoms with van der Waals surface area (Å²) in [6, 6.07) is 9.62. The molecular formula is C12H17O2. The van der Waals surface area contributed by atoms with Crippen molar-refractivity contribution >= 4 is 0 Å². The molecule has 1 N–H and O–H groups in total. The van der Waals surface area contributed by atoms with Crippen LogP contribution in [-0.4, -0.2) is 17.3 Å². The van der Waals surface area contributed by atoms with Crippen LogP contribution in [0.15, 0.2) is 30.3 Å². The number of para-hydroxylation sites is 1. The second-order valence-corrected chi connectivity index (χ2v) is 3.43. The Labute approximate surface area is 85.5 Å². The SMILES string of the molecule is [CH2]CC(CC(C)O)Oc1ccccc1. The minimum atomic E-state index is -0.342. The highest BCUT2D eigenvalue weighted by molar-refractivity contribution is 5.21. The molecule has 0 aromatic heterocycles. The van der Waals surface area contributed by atoms with E-state index in [0.29, 0.717) is 12.8 Å². The van der Waals surface area contributed by atoms with Crippen molar-refractivity contribution in [3.63, 3.8) is 0 Å². The second-order valence-electron chi connectivity index (χ2n) is 3.43. The quantitative estimate of drug-likeness (QED) is 0.778. The third-order valence-electron chi connectivity index (χ3n) is 1.97. The van der Waals surface area contributed by atoms with Gasteiger partial charge in [0.05, 0.1) is 6.10 Å². The third-order valence-corrected chi connectivity index (χ3v) is 1.97. The first-order chi connectivity index (χ1) is 6.72. The van der Waals surface area contributed by atoms with Crippen LogP contribution in [0.5, 0.6) is 5.75 Å². The van der Waals surface area contributed by atoms with E-state index in [9.17, 15) is 5.11 Å². The molecule has 2 nitrogen and oxygen atoms in total. The van der Waals surface area contributed by atoms with Crippen LogP contribution in [0.1, 0.15) is 19.8 Å². The summed E-state index contributed by atoms with van der Waals surface area (Å²) in [6.45, 7) is 5.56. The van der Waals surface area contributed by atoms with Crippen LogP contribution in [-0.2, 0) is 0 Å². The Morgan fingerprint density at radius 1 is 1.36 bits per heavy atom. The summed E-state index contributed by atoms with van der Waals surface area (Å²) < 4.78 is 5.65. The van der Waals surface area contributed by atoms with E-state index in [0.717, 1.165) is 5.75 Å². The van der Waals surface area contributed by atoms with Gasteiger partial charge in [-0.3, -0.25) is 0 Å². The highest BCUT2D eigenvalue weighted by atomic mass is 16.5. The van der Waals surface area contributed by atoms with Gasteiger partial charge in [-0.15, -0.1) is 0 Å². The van der Waals surface area contributed by atoms with Crippen LogP contribution in [0.2, 0.25) is 0 Å². The standard InChI is InChI=1S/C12H17O2/c1-3-11(9-10(2)13)14-12-7-5-4-6-8-12/h4-8,10-11,13H,1,3,9H2,2H3. The molecule has 0 amide bonds. The lowest BCUT2D eigenvalue weighted by Gasteiger charge is -2.18. The van der Waals surface area contributed by atoms with Gasteiger partial charge < -0.3 is 9.84 Å². The highest BCUT2D eigenvalue weighted by Gasteiger charge is 2.10. The topological polar surface area (TPSA) is 29.5 Å². The van der Waals surface area contributed by atoms with Crippen LogP contribution in [0.4, 0.5) is 0 Å². The van der Waals surface area contributed by atoms with Gasteiger partial charge in [0.2, 0.25) is 0 Å². The van der Waals surface area contributed by atoms with Crippen molar-refractivity contribution in [2.45, 2.75) is 32.0 Å². The van der Waals surface area contributed by atoms with E-state index in [4.69, 9.17) is 4.74 Å². The van der Waals surface area contributed by atoms with Crippen LogP contribution >= 0.6 is 0 Å². The van der Waals surface area contributed by atoms with Crippen molar-refractivity contribution < 1.29 is 9.84 Å². The third kappa shape index (κ3) is 3.79. The minimum absolute atomic E-state index is 0.00241.